The number of aromatic nitrogens is 2. The van der Waals surface area contributed by atoms with Crippen LogP contribution in [0.3, 0.4) is 0 Å². The summed E-state index contributed by atoms with van der Waals surface area (Å²) in [5, 5.41) is 6.02. The molecule has 4 atom stereocenters. The van der Waals surface area contributed by atoms with Crippen molar-refractivity contribution in [1.82, 2.24) is 10.2 Å². The number of Topliss-reactive ketones (excluding diaryl/α,β-unsaturated/α-hetero) is 1. The average molecular weight is 386 g/mol. The maximum atomic E-state index is 13.3. The lowest BCUT2D eigenvalue weighted by Crippen LogP contribution is -2.28. The molecule has 0 saturated heterocycles. The third-order valence-corrected chi connectivity index (χ3v) is 6.77. The van der Waals surface area contributed by atoms with Crippen LogP contribution in [0.25, 0.3) is 0 Å². The minimum atomic E-state index is -4.67. The summed E-state index contributed by atoms with van der Waals surface area (Å²) in [6, 6.07) is 0. The van der Waals surface area contributed by atoms with Crippen molar-refractivity contribution in [3.63, 3.8) is 0 Å². The van der Waals surface area contributed by atoms with Gasteiger partial charge in [0.2, 0.25) is 0 Å². The molecule has 0 fully saturated rings. The molecular weight excluding hydrogens is 357 g/mol. The van der Waals surface area contributed by atoms with E-state index < -0.39 is 17.3 Å². The third-order valence-electron chi connectivity index (χ3n) is 6.77. The van der Waals surface area contributed by atoms with Crippen molar-refractivity contribution in [2.24, 2.45) is 17.3 Å². The first-order valence-corrected chi connectivity index (χ1v) is 9.62. The molecule has 1 aliphatic carbocycles. The van der Waals surface area contributed by atoms with Gasteiger partial charge >= 0.3 is 6.18 Å². The van der Waals surface area contributed by atoms with Crippen LogP contribution >= 0.6 is 0 Å². The van der Waals surface area contributed by atoms with E-state index in [-0.39, 0.29) is 40.9 Å². The normalized spacial score (nSPS) is 21.4. The molecule has 7 heteroatoms. The Morgan fingerprint density at radius 1 is 1.33 bits per heavy atom. The topological polar surface area (TPSA) is 62.8 Å². The van der Waals surface area contributed by atoms with Crippen molar-refractivity contribution in [2.45, 2.75) is 78.8 Å². The highest BCUT2D eigenvalue weighted by molar-refractivity contribution is 5.81. The van der Waals surface area contributed by atoms with Crippen LogP contribution in [0.1, 0.15) is 83.0 Å². The number of fused-ring (bicyclic) bond motifs is 1. The number of carbonyl (C=O) groups excluding carboxylic acids is 1. The van der Waals surface area contributed by atoms with E-state index in [9.17, 15) is 22.8 Å². The van der Waals surface area contributed by atoms with E-state index in [0.717, 1.165) is 19.3 Å². The lowest BCUT2D eigenvalue weighted by molar-refractivity contribution is -0.139. The Hall–Kier alpha value is -1.66. The highest BCUT2D eigenvalue weighted by Gasteiger charge is 2.42. The molecule has 0 radical (unpaired) electrons. The second-order valence-electron chi connectivity index (χ2n) is 8.28. The number of nitrogens with one attached hydrogen (secondary N) is 1. The largest absolute Gasteiger partial charge is 0.422 e. The van der Waals surface area contributed by atoms with Gasteiger partial charge in [-0.2, -0.15) is 18.3 Å². The highest BCUT2D eigenvalue weighted by atomic mass is 19.4. The van der Waals surface area contributed by atoms with Gasteiger partial charge in [0.05, 0.1) is 5.69 Å². The monoisotopic (exact) mass is 386 g/mol. The minimum absolute atomic E-state index is 0.0532. The molecular formula is C20H29F3N2O2. The molecule has 0 spiro atoms. The number of rotatable bonds is 7. The fourth-order valence-corrected chi connectivity index (χ4v) is 4.12. The lowest BCUT2D eigenvalue weighted by atomic mass is 9.74. The standard InChI is InChI=1S/C20H29F3N2O2/c1-6-19(5,13(4)26)10-9-11(2)12(3)14-7-8-15-16(20(21,22)23)18(27)25-24-17(14)15/h11-12,14H,6-10H2,1-5H3,(H,25,27). The predicted molar refractivity (Wildman–Crippen MR) is 97.6 cm³/mol. The fraction of sp³-hybridized carbons (Fsp3) is 0.750. The lowest BCUT2D eigenvalue weighted by Gasteiger charge is -2.30. The first kappa shape index (κ1) is 21.6. The Balaban J connectivity index is 2.20. The van der Waals surface area contributed by atoms with Gasteiger partial charge in [0, 0.05) is 11.3 Å². The van der Waals surface area contributed by atoms with Gasteiger partial charge in [-0.15, -0.1) is 0 Å². The van der Waals surface area contributed by atoms with E-state index >= 15 is 0 Å². The zero-order chi connectivity index (χ0) is 20.6. The second kappa shape index (κ2) is 7.76. The molecule has 4 unspecified atom stereocenters. The summed E-state index contributed by atoms with van der Waals surface area (Å²) in [6.07, 6.45) is -1.53. The Morgan fingerprint density at radius 2 is 1.96 bits per heavy atom. The molecule has 2 rings (SSSR count). The highest BCUT2D eigenvalue weighted by Crippen LogP contribution is 2.44. The molecule has 152 valence electrons. The average Bonchev–Trinajstić information content (AvgIpc) is 3.00. The van der Waals surface area contributed by atoms with Gasteiger partial charge < -0.3 is 0 Å². The van der Waals surface area contributed by atoms with E-state index in [2.05, 4.69) is 12.0 Å². The molecule has 1 N–H and O–H groups in total. The quantitative estimate of drug-likeness (QED) is 0.727. The number of ketones is 1. The summed E-state index contributed by atoms with van der Waals surface area (Å²) in [7, 11) is 0. The Labute approximate surface area is 157 Å². The number of H-pyrrole nitrogens is 1. The maximum absolute atomic E-state index is 13.3. The Bertz CT molecular complexity index is 757. The fourth-order valence-electron chi connectivity index (χ4n) is 4.12. The Kier molecular flexibility index (Phi) is 6.22. The van der Waals surface area contributed by atoms with Crippen molar-refractivity contribution in [2.75, 3.05) is 0 Å². The van der Waals surface area contributed by atoms with Gasteiger partial charge in [0.15, 0.2) is 0 Å². The number of nitrogens with zero attached hydrogens (tertiary/aromatic N) is 1. The predicted octanol–water partition coefficient (Wildman–Crippen LogP) is 4.88. The summed E-state index contributed by atoms with van der Waals surface area (Å²) in [4.78, 5) is 23.6. The van der Waals surface area contributed by atoms with Gasteiger partial charge in [-0.25, -0.2) is 5.10 Å². The number of halogens is 3. The molecule has 0 bridgehead atoms. The molecule has 4 nitrogen and oxygen atoms in total. The van der Waals surface area contributed by atoms with Gasteiger partial charge in [-0.1, -0.05) is 27.7 Å². The first-order valence-electron chi connectivity index (χ1n) is 9.62. The summed E-state index contributed by atoms with van der Waals surface area (Å²) >= 11 is 0. The smallest absolute Gasteiger partial charge is 0.299 e. The van der Waals surface area contributed by atoms with Crippen molar-refractivity contribution in [3.05, 3.63) is 27.2 Å². The van der Waals surface area contributed by atoms with Crippen molar-refractivity contribution >= 4 is 5.78 Å². The van der Waals surface area contributed by atoms with Crippen LogP contribution in [0, 0.1) is 17.3 Å². The van der Waals surface area contributed by atoms with Crippen LogP contribution in [0.5, 0.6) is 0 Å². The molecule has 1 aromatic rings. The number of carbonyl (C=O) groups is 1. The molecule has 0 aliphatic heterocycles. The molecule has 1 aromatic heterocycles. The summed E-state index contributed by atoms with van der Waals surface area (Å²) in [5.74, 6) is 0.399. The zero-order valence-corrected chi connectivity index (χ0v) is 16.7. The SMILES string of the molecule is CCC(C)(CCC(C)C(C)C1CCc2c1n[nH]c(=O)c2C(F)(F)F)C(C)=O. The van der Waals surface area contributed by atoms with Crippen molar-refractivity contribution < 1.29 is 18.0 Å². The van der Waals surface area contributed by atoms with Crippen LogP contribution in [-0.4, -0.2) is 16.0 Å². The van der Waals surface area contributed by atoms with E-state index in [1.807, 2.05) is 25.9 Å². The van der Waals surface area contributed by atoms with Crippen molar-refractivity contribution in [3.8, 4) is 0 Å². The van der Waals surface area contributed by atoms with Crippen LogP contribution in [-0.2, 0) is 17.4 Å². The van der Waals surface area contributed by atoms with Gasteiger partial charge in [-0.3, -0.25) is 9.59 Å². The number of alkyl halides is 3. The van der Waals surface area contributed by atoms with E-state index in [1.54, 1.807) is 6.92 Å². The Morgan fingerprint density at radius 3 is 2.48 bits per heavy atom. The third kappa shape index (κ3) is 4.27. The summed E-state index contributed by atoms with van der Waals surface area (Å²) in [6.45, 7) is 9.70. The second-order valence-corrected chi connectivity index (χ2v) is 8.28. The van der Waals surface area contributed by atoms with Crippen molar-refractivity contribution in [1.29, 1.82) is 0 Å². The molecule has 0 saturated carbocycles. The van der Waals surface area contributed by atoms with Crippen LogP contribution in [0.4, 0.5) is 13.2 Å². The van der Waals surface area contributed by atoms with Crippen LogP contribution in [0.2, 0.25) is 0 Å². The number of aromatic amines is 1. The van der Waals surface area contributed by atoms with E-state index in [0.29, 0.717) is 12.1 Å². The van der Waals surface area contributed by atoms with Crippen LogP contribution in [0.15, 0.2) is 4.79 Å². The minimum Gasteiger partial charge on any atom is -0.299 e. The first-order chi connectivity index (χ1) is 12.4. The molecule has 0 aromatic carbocycles. The van der Waals surface area contributed by atoms with Gasteiger partial charge in [0.1, 0.15) is 11.3 Å². The molecule has 1 aliphatic rings. The van der Waals surface area contributed by atoms with E-state index in [4.69, 9.17) is 0 Å². The van der Waals surface area contributed by atoms with Gasteiger partial charge in [0.25, 0.3) is 5.56 Å². The van der Waals surface area contributed by atoms with E-state index in [1.165, 1.54) is 0 Å². The van der Waals surface area contributed by atoms with Gasteiger partial charge in [-0.05, 0) is 56.4 Å². The molecule has 0 amide bonds. The summed E-state index contributed by atoms with van der Waals surface area (Å²) in [5.41, 5.74) is -2.18. The number of hydrogen-bond acceptors (Lipinski definition) is 3. The zero-order valence-electron chi connectivity index (χ0n) is 16.7. The maximum Gasteiger partial charge on any atom is 0.422 e. The number of hydrogen-bond donors (Lipinski definition) is 1. The molecule has 27 heavy (non-hydrogen) atoms. The molecule has 1 heterocycles. The van der Waals surface area contributed by atoms with Crippen LogP contribution < -0.4 is 5.56 Å². The summed E-state index contributed by atoms with van der Waals surface area (Å²) < 4.78 is 39.8.